The van der Waals surface area contributed by atoms with Crippen LogP contribution < -0.4 is 9.47 Å². The SMILES string of the molecule is C=CCN1C(=O)C(=Cc2ccc(OC(=O)c3ccccc3Cl)c(OCC)c2)SC1=S. The van der Waals surface area contributed by atoms with Gasteiger partial charge in [0.1, 0.15) is 4.32 Å². The molecular weight excluding hydrogens is 442 g/mol. The van der Waals surface area contributed by atoms with Gasteiger partial charge < -0.3 is 9.47 Å². The zero-order chi connectivity index (χ0) is 21.7. The fraction of sp³-hybridized carbons (Fsp3) is 0.136. The lowest BCUT2D eigenvalue weighted by molar-refractivity contribution is -0.121. The number of carbonyl (C=O) groups is 2. The lowest BCUT2D eigenvalue weighted by Gasteiger charge is -2.12. The van der Waals surface area contributed by atoms with Crippen LogP contribution in [0.1, 0.15) is 22.8 Å². The average molecular weight is 460 g/mol. The summed E-state index contributed by atoms with van der Waals surface area (Å²) in [6, 6.07) is 11.7. The molecule has 1 saturated heterocycles. The third-order valence-electron chi connectivity index (χ3n) is 4.05. The van der Waals surface area contributed by atoms with Crippen LogP contribution >= 0.6 is 35.6 Å². The predicted molar refractivity (Wildman–Crippen MR) is 124 cm³/mol. The van der Waals surface area contributed by atoms with Gasteiger partial charge in [-0.1, -0.05) is 59.9 Å². The zero-order valence-electron chi connectivity index (χ0n) is 16.1. The molecule has 0 atom stereocenters. The lowest BCUT2D eigenvalue weighted by Crippen LogP contribution is -2.27. The highest BCUT2D eigenvalue weighted by molar-refractivity contribution is 8.26. The Morgan fingerprint density at radius 2 is 2.03 bits per heavy atom. The van der Waals surface area contributed by atoms with Crippen LogP contribution in [0.2, 0.25) is 5.02 Å². The largest absolute Gasteiger partial charge is 0.490 e. The Kier molecular flexibility index (Phi) is 7.31. The second-order valence-corrected chi connectivity index (χ2v) is 8.17. The fourth-order valence-corrected chi connectivity index (χ4v) is 4.17. The first kappa shape index (κ1) is 22.1. The van der Waals surface area contributed by atoms with Crippen LogP contribution in [0.4, 0.5) is 0 Å². The molecular formula is C22H18ClNO4S2. The van der Waals surface area contributed by atoms with Gasteiger partial charge in [-0.15, -0.1) is 6.58 Å². The molecule has 2 aromatic carbocycles. The molecule has 1 amide bonds. The molecule has 1 fully saturated rings. The number of rotatable bonds is 7. The summed E-state index contributed by atoms with van der Waals surface area (Å²) in [6.07, 6.45) is 3.35. The van der Waals surface area contributed by atoms with Crippen molar-refractivity contribution in [3.05, 3.63) is 76.2 Å². The molecule has 0 aromatic heterocycles. The number of thiocarbonyl (C=S) groups is 1. The monoisotopic (exact) mass is 459 g/mol. The topological polar surface area (TPSA) is 55.8 Å². The molecule has 0 saturated carbocycles. The molecule has 8 heteroatoms. The van der Waals surface area contributed by atoms with Crippen LogP contribution in [0.3, 0.4) is 0 Å². The molecule has 0 N–H and O–H groups in total. The molecule has 1 aliphatic rings. The summed E-state index contributed by atoms with van der Waals surface area (Å²) in [7, 11) is 0. The molecule has 0 radical (unpaired) electrons. The quantitative estimate of drug-likeness (QED) is 0.183. The number of amides is 1. The minimum absolute atomic E-state index is 0.169. The summed E-state index contributed by atoms with van der Waals surface area (Å²) < 4.78 is 11.6. The summed E-state index contributed by atoms with van der Waals surface area (Å²) in [5, 5.41) is 0.304. The van der Waals surface area contributed by atoms with E-state index in [0.29, 0.717) is 33.1 Å². The van der Waals surface area contributed by atoms with Crippen molar-refractivity contribution in [2.24, 2.45) is 0 Å². The van der Waals surface area contributed by atoms with Gasteiger partial charge in [-0.05, 0) is 42.8 Å². The van der Waals surface area contributed by atoms with Crippen molar-refractivity contribution in [3.63, 3.8) is 0 Å². The Hall–Kier alpha value is -2.61. The van der Waals surface area contributed by atoms with Crippen LogP contribution in [-0.4, -0.2) is 34.2 Å². The van der Waals surface area contributed by atoms with E-state index in [1.54, 1.807) is 54.6 Å². The van der Waals surface area contributed by atoms with Crippen LogP contribution in [0, 0.1) is 0 Å². The summed E-state index contributed by atoms with van der Waals surface area (Å²) in [6.45, 7) is 6.21. The standard InChI is InChI=1S/C22H18ClNO4S2/c1-3-11-24-20(25)19(30-22(24)29)13-14-9-10-17(18(12-14)27-4-2)28-21(26)15-7-5-6-8-16(15)23/h3,5-10,12-13H,1,4,11H2,2H3. The highest BCUT2D eigenvalue weighted by Gasteiger charge is 2.31. The van der Waals surface area contributed by atoms with Crippen molar-refractivity contribution in [1.82, 2.24) is 4.90 Å². The minimum atomic E-state index is -0.584. The van der Waals surface area contributed by atoms with Gasteiger partial charge in [0.25, 0.3) is 5.91 Å². The molecule has 0 spiro atoms. The first-order valence-corrected chi connectivity index (χ1v) is 10.6. The highest BCUT2D eigenvalue weighted by Crippen LogP contribution is 2.35. The Bertz CT molecular complexity index is 1050. The Labute approximate surface area is 189 Å². The van der Waals surface area contributed by atoms with Gasteiger partial charge in [0.05, 0.1) is 22.1 Å². The molecule has 0 aliphatic carbocycles. The minimum Gasteiger partial charge on any atom is -0.490 e. The van der Waals surface area contributed by atoms with E-state index in [4.69, 9.17) is 33.3 Å². The van der Waals surface area contributed by atoms with Crippen LogP contribution in [0.5, 0.6) is 11.5 Å². The first-order chi connectivity index (χ1) is 14.4. The van der Waals surface area contributed by atoms with E-state index in [1.165, 1.54) is 16.7 Å². The normalized spacial score (nSPS) is 14.9. The van der Waals surface area contributed by atoms with Crippen molar-refractivity contribution in [1.29, 1.82) is 0 Å². The number of hydrogen-bond donors (Lipinski definition) is 0. The fourth-order valence-electron chi connectivity index (χ4n) is 2.69. The number of carbonyl (C=O) groups excluding carboxylic acids is 2. The van der Waals surface area contributed by atoms with Crippen molar-refractivity contribution in [3.8, 4) is 11.5 Å². The maximum atomic E-state index is 12.5. The van der Waals surface area contributed by atoms with E-state index >= 15 is 0 Å². The molecule has 1 heterocycles. The molecule has 3 rings (SSSR count). The summed E-state index contributed by atoms with van der Waals surface area (Å²) >= 11 is 12.6. The van der Waals surface area contributed by atoms with E-state index in [1.807, 2.05) is 6.92 Å². The summed E-state index contributed by atoms with van der Waals surface area (Å²) in [4.78, 5) is 27.0. The van der Waals surface area contributed by atoms with Gasteiger partial charge in [-0.2, -0.15) is 0 Å². The van der Waals surface area contributed by atoms with Crippen LogP contribution in [0.15, 0.2) is 60.0 Å². The third-order valence-corrected chi connectivity index (χ3v) is 5.75. The number of halogens is 1. The first-order valence-electron chi connectivity index (χ1n) is 9.04. The van der Waals surface area contributed by atoms with E-state index in [2.05, 4.69) is 6.58 Å². The molecule has 2 aromatic rings. The third kappa shape index (κ3) is 4.92. The Morgan fingerprint density at radius 1 is 1.27 bits per heavy atom. The average Bonchev–Trinajstić information content (AvgIpc) is 2.98. The predicted octanol–water partition coefficient (Wildman–Crippen LogP) is 5.35. The Balaban J connectivity index is 1.86. The molecule has 30 heavy (non-hydrogen) atoms. The van der Waals surface area contributed by atoms with Gasteiger partial charge >= 0.3 is 5.97 Å². The van der Waals surface area contributed by atoms with Crippen molar-refractivity contribution >= 4 is 57.9 Å². The Morgan fingerprint density at radius 3 is 2.73 bits per heavy atom. The van der Waals surface area contributed by atoms with Gasteiger partial charge in [0, 0.05) is 6.54 Å². The zero-order valence-corrected chi connectivity index (χ0v) is 18.5. The molecule has 5 nitrogen and oxygen atoms in total. The summed E-state index contributed by atoms with van der Waals surface area (Å²) in [5.74, 6) is -0.108. The lowest BCUT2D eigenvalue weighted by atomic mass is 10.1. The van der Waals surface area contributed by atoms with Crippen LogP contribution in [-0.2, 0) is 4.79 Å². The number of hydrogen-bond acceptors (Lipinski definition) is 6. The second-order valence-electron chi connectivity index (χ2n) is 6.09. The van der Waals surface area contributed by atoms with Gasteiger partial charge in [0.2, 0.25) is 0 Å². The maximum absolute atomic E-state index is 12.5. The molecule has 1 aliphatic heterocycles. The number of ether oxygens (including phenoxy) is 2. The molecule has 0 unspecified atom stereocenters. The van der Waals surface area contributed by atoms with Gasteiger partial charge in [0.15, 0.2) is 11.5 Å². The van der Waals surface area contributed by atoms with Crippen LogP contribution in [0.25, 0.3) is 6.08 Å². The molecule has 0 bridgehead atoms. The van der Waals surface area contributed by atoms with Crippen molar-refractivity contribution in [2.45, 2.75) is 6.92 Å². The van der Waals surface area contributed by atoms with E-state index < -0.39 is 5.97 Å². The van der Waals surface area contributed by atoms with Crippen molar-refractivity contribution in [2.75, 3.05) is 13.2 Å². The smallest absolute Gasteiger partial charge is 0.345 e. The number of nitrogens with zero attached hydrogens (tertiary/aromatic N) is 1. The number of esters is 1. The number of thioether (sulfide) groups is 1. The van der Waals surface area contributed by atoms with E-state index in [-0.39, 0.29) is 17.2 Å². The molecule has 154 valence electrons. The summed E-state index contributed by atoms with van der Waals surface area (Å²) in [5.41, 5.74) is 0.978. The van der Waals surface area contributed by atoms with Gasteiger partial charge in [-0.3, -0.25) is 9.69 Å². The maximum Gasteiger partial charge on any atom is 0.345 e. The highest BCUT2D eigenvalue weighted by atomic mass is 35.5. The van der Waals surface area contributed by atoms with E-state index in [0.717, 1.165) is 5.56 Å². The van der Waals surface area contributed by atoms with E-state index in [9.17, 15) is 9.59 Å². The van der Waals surface area contributed by atoms with Gasteiger partial charge in [-0.25, -0.2) is 4.79 Å². The van der Waals surface area contributed by atoms with Crippen molar-refractivity contribution < 1.29 is 19.1 Å². The number of benzene rings is 2. The second kappa shape index (κ2) is 9.93.